The fraction of sp³-hybridized carbons (Fsp3) is 0.545. The first kappa shape index (κ1) is 13.1. The van der Waals surface area contributed by atoms with E-state index in [9.17, 15) is 4.79 Å². The molecule has 90 valence electrons. The predicted octanol–water partition coefficient (Wildman–Crippen LogP) is 1.31. The van der Waals surface area contributed by atoms with Gasteiger partial charge in [-0.1, -0.05) is 0 Å². The van der Waals surface area contributed by atoms with E-state index >= 15 is 0 Å². The van der Waals surface area contributed by atoms with Gasteiger partial charge in [-0.3, -0.25) is 4.79 Å². The van der Waals surface area contributed by atoms with Gasteiger partial charge in [0.25, 0.3) is 5.91 Å². The Hall–Kier alpha value is -1.00. The summed E-state index contributed by atoms with van der Waals surface area (Å²) in [5, 5.41) is 0. The van der Waals surface area contributed by atoms with Crippen LogP contribution in [0.5, 0.6) is 0 Å². The maximum absolute atomic E-state index is 12.1. The van der Waals surface area contributed by atoms with Gasteiger partial charge < -0.3 is 15.6 Å². The Kier molecular flexibility index (Phi) is 4.38. The van der Waals surface area contributed by atoms with Crippen molar-refractivity contribution in [3.63, 3.8) is 0 Å². The number of halogens is 1. The maximum Gasteiger partial charge on any atom is 0.255 e. The van der Waals surface area contributed by atoms with Crippen molar-refractivity contribution in [1.82, 2.24) is 9.88 Å². The topological polar surface area (TPSA) is 62.1 Å². The number of aromatic nitrogens is 1. The zero-order valence-corrected chi connectivity index (χ0v) is 10.2. The van der Waals surface area contributed by atoms with Crippen LogP contribution in [0.15, 0.2) is 12.3 Å². The molecule has 4 nitrogen and oxygen atoms in total. The van der Waals surface area contributed by atoms with Crippen LogP contribution in [0.2, 0.25) is 0 Å². The molecule has 1 aliphatic rings. The second-order valence-corrected chi connectivity index (χ2v) is 4.15. The highest BCUT2D eigenvalue weighted by Gasteiger charge is 2.22. The summed E-state index contributed by atoms with van der Waals surface area (Å²) in [6.45, 7) is 3.48. The predicted molar refractivity (Wildman–Crippen MR) is 65.9 cm³/mol. The molecule has 0 bridgehead atoms. The highest BCUT2D eigenvalue weighted by molar-refractivity contribution is 5.95. The minimum atomic E-state index is 0. The molecule has 0 unspecified atom stereocenters. The van der Waals surface area contributed by atoms with Crippen molar-refractivity contribution in [1.29, 1.82) is 0 Å². The molecule has 0 atom stereocenters. The number of carbonyl (C=O) groups excluding carboxylic acids is 1. The molecule has 0 radical (unpaired) electrons. The number of aryl methyl sites for hydroxylation is 1. The number of aromatic amines is 1. The summed E-state index contributed by atoms with van der Waals surface area (Å²) >= 11 is 0. The number of likely N-dealkylation sites (tertiary alicyclic amines) is 1. The van der Waals surface area contributed by atoms with Gasteiger partial charge in [0.2, 0.25) is 0 Å². The lowest BCUT2D eigenvalue weighted by molar-refractivity contribution is 0.0714. The van der Waals surface area contributed by atoms with Gasteiger partial charge in [0.15, 0.2) is 0 Å². The molecule has 1 aliphatic heterocycles. The van der Waals surface area contributed by atoms with Crippen LogP contribution in [0.3, 0.4) is 0 Å². The summed E-state index contributed by atoms with van der Waals surface area (Å²) in [5.74, 6) is 0.126. The number of piperidine rings is 1. The van der Waals surface area contributed by atoms with Crippen molar-refractivity contribution in [2.24, 2.45) is 5.73 Å². The molecule has 0 spiro atoms. The third-order valence-corrected chi connectivity index (χ3v) is 3.01. The van der Waals surface area contributed by atoms with Crippen LogP contribution in [0.4, 0.5) is 0 Å². The maximum atomic E-state index is 12.1. The number of hydrogen-bond donors (Lipinski definition) is 2. The number of nitrogens with two attached hydrogens (primary N) is 1. The van der Waals surface area contributed by atoms with Crippen LogP contribution in [-0.2, 0) is 0 Å². The smallest absolute Gasteiger partial charge is 0.255 e. The minimum absolute atomic E-state index is 0. The molecule has 1 saturated heterocycles. The van der Waals surface area contributed by atoms with Crippen molar-refractivity contribution < 1.29 is 4.79 Å². The average molecular weight is 244 g/mol. The van der Waals surface area contributed by atoms with Gasteiger partial charge in [-0.2, -0.15) is 0 Å². The lowest BCUT2D eigenvalue weighted by atomic mass is 10.1. The Morgan fingerprint density at radius 3 is 2.62 bits per heavy atom. The highest BCUT2D eigenvalue weighted by atomic mass is 35.5. The van der Waals surface area contributed by atoms with E-state index in [0.717, 1.165) is 37.2 Å². The molecule has 16 heavy (non-hydrogen) atoms. The highest BCUT2D eigenvalue weighted by Crippen LogP contribution is 2.14. The molecule has 2 heterocycles. The van der Waals surface area contributed by atoms with E-state index in [1.807, 2.05) is 17.9 Å². The fourth-order valence-electron chi connectivity index (χ4n) is 1.96. The van der Waals surface area contributed by atoms with Crippen LogP contribution in [0.25, 0.3) is 0 Å². The van der Waals surface area contributed by atoms with Gasteiger partial charge in [0.1, 0.15) is 0 Å². The van der Waals surface area contributed by atoms with E-state index in [4.69, 9.17) is 5.73 Å². The Morgan fingerprint density at radius 1 is 1.50 bits per heavy atom. The van der Waals surface area contributed by atoms with Crippen LogP contribution in [0, 0.1) is 6.92 Å². The number of rotatable bonds is 1. The van der Waals surface area contributed by atoms with Gasteiger partial charge in [-0.05, 0) is 25.8 Å². The molecular formula is C11H18ClN3O. The first-order chi connectivity index (χ1) is 7.18. The Morgan fingerprint density at radius 2 is 2.12 bits per heavy atom. The molecule has 1 amide bonds. The van der Waals surface area contributed by atoms with Crippen LogP contribution < -0.4 is 5.73 Å². The number of carbonyl (C=O) groups is 1. The fourth-order valence-corrected chi connectivity index (χ4v) is 1.96. The van der Waals surface area contributed by atoms with Gasteiger partial charge >= 0.3 is 0 Å². The molecular weight excluding hydrogens is 226 g/mol. The molecule has 2 rings (SSSR count). The van der Waals surface area contributed by atoms with Gasteiger partial charge in [-0.25, -0.2) is 0 Å². The van der Waals surface area contributed by atoms with Gasteiger partial charge in [-0.15, -0.1) is 12.4 Å². The number of amides is 1. The van der Waals surface area contributed by atoms with Crippen molar-refractivity contribution >= 4 is 18.3 Å². The number of nitrogens with one attached hydrogen (secondary N) is 1. The number of hydrogen-bond acceptors (Lipinski definition) is 2. The summed E-state index contributed by atoms with van der Waals surface area (Å²) in [6.07, 6.45) is 3.63. The van der Waals surface area contributed by atoms with E-state index in [0.29, 0.717) is 0 Å². The molecule has 1 aromatic rings. The zero-order chi connectivity index (χ0) is 10.8. The SMILES string of the molecule is Cc1[nH]ccc1C(=O)N1CCC(N)CC1.Cl. The zero-order valence-electron chi connectivity index (χ0n) is 9.40. The second-order valence-electron chi connectivity index (χ2n) is 4.15. The van der Waals surface area contributed by atoms with E-state index < -0.39 is 0 Å². The van der Waals surface area contributed by atoms with E-state index in [1.165, 1.54) is 0 Å². The van der Waals surface area contributed by atoms with Crippen molar-refractivity contribution in [3.05, 3.63) is 23.5 Å². The molecule has 0 saturated carbocycles. The van der Waals surface area contributed by atoms with E-state index in [2.05, 4.69) is 4.98 Å². The molecule has 0 aliphatic carbocycles. The number of nitrogens with zero attached hydrogens (tertiary/aromatic N) is 1. The second kappa shape index (κ2) is 5.37. The molecule has 5 heteroatoms. The number of H-pyrrole nitrogens is 1. The van der Waals surface area contributed by atoms with Gasteiger partial charge in [0, 0.05) is 31.0 Å². The Labute approximate surface area is 102 Å². The Balaban J connectivity index is 0.00000128. The monoisotopic (exact) mass is 243 g/mol. The minimum Gasteiger partial charge on any atom is -0.365 e. The van der Waals surface area contributed by atoms with E-state index in [1.54, 1.807) is 6.20 Å². The van der Waals surface area contributed by atoms with Crippen molar-refractivity contribution in [2.75, 3.05) is 13.1 Å². The first-order valence-electron chi connectivity index (χ1n) is 5.37. The normalized spacial score (nSPS) is 17.0. The quantitative estimate of drug-likeness (QED) is 0.781. The van der Waals surface area contributed by atoms with Gasteiger partial charge in [0.05, 0.1) is 5.56 Å². The largest absolute Gasteiger partial charge is 0.365 e. The summed E-state index contributed by atoms with van der Waals surface area (Å²) in [7, 11) is 0. The third kappa shape index (κ3) is 2.57. The Bertz CT molecular complexity index is 356. The van der Waals surface area contributed by atoms with E-state index in [-0.39, 0.29) is 24.4 Å². The summed E-state index contributed by atoms with van der Waals surface area (Å²) < 4.78 is 0. The summed E-state index contributed by atoms with van der Waals surface area (Å²) in [5.41, 5.74) is 7.52. The lowest BCUT2D eigenvalue weighted by Gasteiger charge is -2.30. The van der Waals surface area contributed by atoms with Crippen LogP contribution >= 0.6 is 12.4 Å². The molecule has 3 N–H and O–H groups in total. The van der Waals surface area contributed by atoms with Crippen LogP contribution in [-0.4, -0.2) is 34.9 Å². The lowest BCUT2D eigenvalue weighted by Crippen LogP contribution is -2.42. The standard InChI is InChI=1S/C11H17N3O.ClH/c1-8-10(2-5-13-8)11(15)14-6-3-9(12)4-7-14;/h2,5,9,13H,3-4,6-7,12H2,1H3;1H. The summed E-state index contributed by atoms with van der Waals surface area (Å²) in [4.78, 5) is 17.0. The molecule has 1 aromatic heterocycles. The molecule has 0 aromatic carbocycles. The summed E-state index contributed by atoms with van der Waals surface area (Å²) in [6, 6.07) is 2.10. The van der Waals surface area contributed by atoms with Crippen molar-refractivity contribution in [2.45, 2.75) is 25.8 Å². The first-order valence-corrected chi connectivity index (χ1v) is 5.37. The third-order valence-electron chi connectivity index (χ3n) is 3.01. The van der Waals surface area contributed by atoms with Crippen LogP contribution in [0.1, 0.15) is 28.9 Å². The molecule has 1 fully saturated rings. The average Bonchev–Trinajstić information content (AvgIpc) is 2.65. The van der Waals surface area contributed by atoms with Crippen molar-refractivity contribution in [3.8, 4) is 0 Å².